The normalized spacial score (nSPS) is 10.6. The zero-order chi connectivity index (χ0) is 15.7. The Kier molecular flexibility index (Phi) is 3.56. The van der Waals surface area contributed by atoms with Crippen LogP contribution in [0.3, 0.4) is 0 Å². The molecule has 0 saturated heterocycles. The van der Waals surface area contributed by atoms with Gasteiger partial charge in [-0.3, -0.25) is 9.36 Å². The average Bonchev–Trinajstić information content (AvgIpc) is 2.83. The van der Waals surface area contributed by atoms with Crippen molar-refractivity contribution >= 4 is 17.5 Å². The first-order chi connectivity index (χ1) is 10.6. The van der Waals surface area contributed by atoms with Gasteiger partial charge in [0.25, 0.3) is 5.91 Å². The molecule has 2 aromatic carbocycles. The topological polar surface area (TPSA) is 64.2 Å². The molecule has 0 radical (unpaired) electrons. The first kappa shape index (κ1) is 14.2. The Morgan fingerprint density at radius 2 is 1.64 bits per heavy atom. The van der Waals surface area contributed by atoms with Crippen molar-refractivity contribution in [1.82, 2.24) is 9.13 Å². The molecule has 6 heteroatoms. The summed E-state index contributed by atoms with van der Waals surface area (Å²) in [5, 5.41) is 10.4. The standard InChI is InChI=1S/C16H11ClN2O3/c17-12-8-6-11(7-9-12)15(21)19-14(20)10-18(16(19)22)13-4-2-1-3-5-13/h1-10,20H. The number of hydrogen-bond acceptors (Lipinski definition) is 3. The number of aromatic nitrogens is 2. The molecule has 5 nitrogen and oxygen atoms in total. The third-order valence-electron chi connectivity index (χ3n) is 3.20. The van der Waals surface area contributed by atoms with Gasteiger partial charge in [-0.1, -0.05) is 29.8 Å². The first-order valence-corrected chi connectivity index (χ1v) is 6.85. The van der Waals surface area contributed by atoms with E-state index in [0.29, 0.717) is 10.7 Å². The van der Waals surface area contributed by atoms with Gasteiger partial charge >= 0.3 is 5.69 Å². The molecular formula is C16H11ClN2O3. The molecule has 0 unspecified atom stereocenters. The summed E-state index contributed by atoms with van der Waals surface area (Å²) in [4.78, 5) is 24.8. The van der Waals surface area contributed by atoms with Gasteiger partial charge in [-0.05, 0) is 36.4 Å². The maximum absolute atomic E-state index is 12.4. The zero-order valence-corrected chi connectivity index (χ0v) is 12.1. The molecule has 110 valence electrons. The van der Waals surface area contributed by atoms with Crippen LogP contribution in [0.4, 0.5) is 0 Å². The van der Waals surface area contributed by atoms with Crippen molar-refractivity contribution in [3.05, 3.63) is 81.9 Å². The molecule has 1 N–H and O–H groups in total. The fourth-order valence-corrected chi connectivity index (χ4v) is 2.25. The number of carbonyl (C=O) groups is 1. The highest BCUT2D eigenvalue weighted by Crippen LogP contribution is 2.15. The largest absolute Gasteiger partial charge is 0.493 e. The molecule has 22 heavy (non-hydrogen) atoms. The summed E-state index contributed by atoms with van der Waals surface area (Å²) < 4.78 is 1.93. The van der Waals surface area contributed by atoms with Crippen LogP contribution in [0, 0.1) is 0 Å². The minimum absolute atomic E-state index is 0.257. The van der Waals surface area contributed by atoms with Crippen molar-refractivity contribution in [1.29, 1.82) is 0 Å². The number of aromatic hydroxyl groups is 1. The molecule has 0 aliphatic rings. The number of para-hydroxylation sites is 1. The molecule has 3 rings (SSSR count). The van der Waals surface area contributed by atoms with Crippen LogP contribution in [0.1, 0.15) is 10.4 Å². The predicted molar refractivity (Wildman–Crippen MR) is 82.9 cm³/mol. The Balaban J connectivity index is 2.09. The minimum Gasteiger partial charge on any atom is -0.493 e. The molecule has 0 bridgehead atoms. The molecule has 0 fully saturated rings. The molecular weight excluding hydrogens is 304 g/mol. The second-order valence-electron chi connectivity index (χ2n) is 4.62. The Morgan fingerprint density at radius 3 is 2.27 bits per heavy atom. The van der Waals surface area contributed by atoms with Crippen LogP contribution in [-0.4, -0.2) is 20.1 Å². The Hall–Kier alpha value is -2.79. The number of benzene rings is 2. The summed E-state index contributed by atoms with van der Waals surface area (Å²) >= 11 is 5.78. The van der Waals surface area contributed by atoms with Crippen molar-refractivity contribution in [3.8, 4) is 11.6 Å². The van der Waals surface area contributed by atoms with Crippen molar-refractivity contribution in [2.24, 2.45) is 0 Å². The van der Waals surface area contributed by atoms with Crippen LogP contribution < -0.4 is 5.69 Å². The van der Waals surface area contributed by atoms with Crippen LogP contribution in [0.15, 0.2) is 65.6 Å². The lowest BCUT2D eigenvalue weighted by molar-refractivity contribution is 0.0947. The van der Waals surface area contributed by atoms with Crippen molar-refractivity contribution in [3.63, 3.8) is 0 Å². The van der Waals surface area contributed by atoms with Crippen LogP contribution in [0.2, 0.25) is 5.02 Å². The Bertz CT molecular complexity index is 880. The van der Waals surface area contributed by atoms with Gasteiger partial charge in [0.1, 0.15) is 0 Å². The van der Waals surface area contributed by atoms with Gasteiger partial charge in [-0.2, -0.15) is 4.57 Å². The smallest absolute Gasteiger partial charge is 0.342 e. The minimum atomic E-state index is -0.636. The molecule has 1 heterocycles. The van der Waals surface area contributed by atoms with E-state index in [1.807, 2.05) is 6.07 Å². The van der Waals surface area contributed by atoms with Crippen molar-refractivity contribution < 1.29 is 9.90 Å². The maximum atomic E-state index is 12.4. The second-order valence-corrected chi connectivity index (χ2v) is 5.06. The second kappa shape index (κ2) is 5.54. The SMILES string of the molecule is O=C(c1ccc(Cl)cc1)n1c(O)cn(-c2ccccc2)c1=O. The van der Waals surface area contributed by atoms with Gasteiger partial charge in [0, 0.05) is 10.6 Å². The van der Waals surface area contributed by atoms with E-state index < -0.39 is 17.5 Å². The van der Waals surface area contributed by atoms with Gasteiger partial charge < -0.3 is 5.11 Å². The van der Waals surface area contributed by atoms with E-state index in [2.05, 4.69) is 0 Å². The molecule has 0 spiro atoms. The lowest BCUT2D eigenvalue weighted by Crippen LogP contribution is -2.28. The van der Waals surface area contributed by atoms with Gasteiger partial charge in [0.15, 0.2) is 0 Å². The molecule has 0 aliphatic heterocycles. The number of nitrogens with zero attached hydrogens (tertiary/aromatic N) is 2. The van der Waals surface area contributed by atoms with Gasteiger partial charge in [0.05, 0.1) is 11.9 Å². The zero-order valence-electron chi connectivity index (χ0n) is 11.3. The lowest BCUT2D eigenvalue weighted by atomic mass is 10.2. The van der Waals surface area contributed by atoms with Crippen LogP contribution in [0.25, 0.3) is 5.69 Å². The quantitative estimate of drug-likeness (QED) is 0.791. The van der Waals surface area contributed by atoms with E-state index in [1.54, 1.807) is 36.4 Å². The summed E-state index contributed by atoms with van der Waals surface area (Å²) in [5.74, 6) is -1.04. The maximum Gasteiger partial charge on any atom is 0.342 e. The summed E-state index contributed by atoms with van der Waals surface area (Å²) in [5.41, 5.74) is 0.182. The summed E-state index contributed by atoms with van der Waals surface area (Å²) in [7, 11) is 0. The van der Waals surface area contributed by atoms with Gasteiger partial charge in [-0.25, -0.2) is 4.79 Å². The lowest BCUT2D eigenvalue weighted by Gasteiger charge is -2.02. The molecule has 0 aliphatic carbocycles. The number of halogens is 1. The highest BCUT2D eigenvalue weighted by atomic mass is 35.5. The summed E-state index contributed by atoms with van der Waals surface area (Å²) in [6, 6.07) is 14.8. The number of hydrogen-bond donors (Lipinski definition) is 1. The number of imidazole rings is 1. The van der Waals surface area contributed by atoms with E-state index in [9.17, 15) is 14.7 Å². The highest BCUT2D eigenvalue weighted by molar-refractivity contribution is 6.30. The van der Waals surface area contributed by atoms with Crippen LogP contribution in [-0.2, 0) is 0 Å². The fourth-order valence-electron chi connectivity index (χ4n) is 2.12. The molecule has 1 aromatic heterocycles. The molecule has 0 amide bonds. The van der Waals surface area contributed by atoms with Crippen molar-refractivity contribution in [2.45, 2.75) is 0 Å². The van der Waals surface area contributed by atoms with E-state index in [-0.39, 0.29) is 5.56 Å². The van der Waals surface area contributed by atoms with Gasteiger partial charge in [-0.15, -0.1) is 0 Å². The third-order valence-corrected chi connectivity index (χ3v) is 3.45. The highest BCUT2D eigenvalue weighted by Gasteiger charge is 2.19. The number of carbonyl (C=O) groups excluding carboxylic acids is 1. The van der Waals surface area contributed by atoms with Gasteiger partial charge in [0.2, 0.25) is 5.88 Å². The Morgan fingerprint density at radius 1 is 1.00 bits per heavy atom. The van der Waals surface area contributed by atoms with E-state index in [4.69, 9.17) is 11.6 Å². The first-order valence-electron chi connectivity index (χ1n) is 6.47. The van der Waals surface area contributed by atoms with Crippen molar-refractivity contribution in [2.75, 3.05) is 0 Å². The van der Waals surface area contributed by atoms with Crippen LogP contribution in [0.5, 0.6) is 5.88 Å². The Labute approximate surface area is 130 Å². The fraction of sp³-hybridized carbons (Fsp3) is 0. The summed E-state index contributed by atoms with van der Waals surface area (Å²) in [6.45, 7) is 0. The predicted octanol–water partition coefficient (Wildman–Crippen LogP) is 2.69. The third kappa shape index (κ3) is 2.42. The molecule has 0 atom stereocenters. The van der Waals surface area contributed by atoms with Crippen LogP contribution >= 0.6 is 11.6 Å². The number of rotatable bonds is 2. The van der Waals surface area contributed by atoms with E-state index >= 15 is 0 Å². The molecule has 0 saturated carbocycles. The van der Waals surface area contributed by atoms with E-state index in [1.165, 1.54) is 22.9 Å². The summed E-state index contributed by atoms with van der Waals surface area (Å²) in [6.07, 6.45) is 1.21. The average molecular weight is 315 g/mol. The molecule has 3 aromatic rings. The van der Waals surface area contributed by atoms with E-state index in [0.717, 1.165) is 4.57 Å². The monoisotopic (exact) mass is 314 g/mol.